The number of nitrogens with one attached hydrogen (secondary N) is 2. The number of rotatable bonds is 3. The van der Waals surface area contributed by atoms with Crippen molar-refractivity contribution in [1.29, 1.82) is 5.26 Å². The second-order valence-electron chi connectivity index (χ2n) is 4.55. The minimum Gasteiger partial charge on any atom is -0.305 e. The van der Waals surface area contributed by atoms with E-state index in [4.69, 9.17) is 5.26 Å². The summed E-state index contributed by atoms with van der Waals surface area (Å²) in [5, 5.41) is 18.4. The normalized spacial score (nSPS) is 9.95. The molecule has 0 saturated heterocycles. The maximum atomic E-state index is 12.1. The highest BCUT2D eigenvalue weighted by molar-refractivity contribution is 6.04. The first-order valence-electron chi connectivity index (χ1n) is 6.53. The largest absolute Gasteiger partial charge is 0.305 e. The van der Waals surface area contributed by atoms with E-state index in [1.54, 1.807) is 42.7 Å². The van der Waals surface area contributed by atoms with Crippen molar-refractivity contribution in [3.63, 3.8) is 0 Å². The van der Waals surface area contributed by atoms with E-state index in [2.05, 4.69) is 20.5 Å². The molecule has 3 aromatic rings. The highest BCUT2D eigenvalue weighted by Gasteiger charge is 2.09. The van der Waals surface area contributed by atoms with Gasteiger partial charge in [0.15, 0.2) is 5.82 Å². The summed E-state index contributed by atoms with van der Waals surface area (Å²) < 4.78 is 0. The number of pyridine rings is 1. The fraction of sp³-hybridized carbons (Fsp3) is 0. The summed E-state index contributed by atoms with van der Waals surface area (Å²) in [6.45, 7) is 0. The van der Waals surface area contributed by atoms with Gasteiger partial charge in [-0.3, -0.25) is 14.9 Å². The number of carbonyl (C=O) groups is 1. The Morgan fingerprint density at radius 1 is 1.14 bits per heavy atom. The van der Waals surface area contributed by atoms with Gasteiger partial charge in [0.1, 0.15) is 0 Å². The Hall–Kier alpha value is -3.46. The number of hydrogen-bond acceptors (Lipinski definition) is 4. The molecule has 1 aromatic carbocycles. The lowest BCUT2D eigenvalue weighted by molar-refractivity contribution is 0.102. The van der Waals surface area contributed by atoms with Crippen molar-refractivity contribution in [3.05, 3.63) is 66.0 Å². The predicted molar refractivity (Wildman–Crippen MR) is 80.9 cm³/mol. The summed E-state index contributed by atoms with van der Waals surface area (Å²) in [5.41, 5.74) is 2.70. The van der Waals surface area contributed by atoms with Crippen molar-refractivity contribution in [2.24, 2.45) is 0 Å². The molecule has 0 atom stereocenters. The van der Waals surface area contributed by atoms with Crippen LogP contribution in [-0.4, -0.2) is 21.1 Å². The second kappa shape index (κ2) is 5.89. The van der Waals surface area contributed by atoms with E-state index in [-0.39, 0.29) is 5.91 Å². The van der Waals surface area contributed by atoms with Gasteiger partial charge < -0.3 is 5.32 Å². The molecule has 2 heterocycles. The first-order valence-corrected chi connectivity index (χ1v) is 6.53. The minimum absolute atomic E-state index is 0.280. The lowest BCUT2D eigenvalue weighted by Crippen LogP contribution is -2.11. The van der Waals surface area contributed by atoms with E-state index < -0.39 is 0 Å². The molecule has 0 saturated carbocycles. The van der Waals surface area contributed by atoms with Crippen LogP contribution in [0.5, 0.6) is 0 Å². The van der Waals surface area contributed by atoms with Gasteiger partial charge in [-0.05, 0) is 36.4 Å². The number of H-pyrrole nitrogens is 1. The Labute approximate surface area is 126 Å². The number of aromatic nitrogens is 3. The quantitative estimate of drug-likeness (QED) is 0.774. The average Bonchev–Trinajstić information content (AvgIpc) is 3.04. The number of nitriles is 1. The number of nitrogens with zero attached hydrogens (tertiary/aromatic N) is 3. The standard InChI is InChI=1S/C16H11N5O/c17-10-11-1-3-13(4-2-11)16(22)19-15-9-14(20-21-15)12-5-7-18-8-6-12/h1-9H,(H2,19,20,21,22). The smallest absolute Gasteiger partial charge is 0.256 e. The van der Waals surface area contributed by atoms with Crippen LogP contribution in [-0.2, 0) is 0 Å². The minimum atomic E-state index is -0.280. The van der Waals surface area contributed by atoms with E-state index in [0.717, 1.165) is 11.3 Å². The molecule has 1 amide bonds. The molecule has 6 nitrogen and oxygen atoms in total. The first kappa shape index (κ1) is 13.5. The van der Waals surface area contributed by atoms with Crippen LogP contribution >= 0.6 is 0 Å². The second-order valence-corrected chi connectivity index (χ2v) is 4.55. The zero-order valence-electron chi connectivity index (χ0n) is 11.4. The summed E-state index contributed by atoms with van der Waals surface area (Å²) >= 11 is 0. The number of carbonyl (C=O) groups excluding carboxylic acids is 1. The highest BCUT2D eigenvalue weighted by atomic mass is 16.1. The number of anilines is 1. The van der Waals surface area contributed by atoms with Crippen molar-refractivity contribution in [2.75, 3.05) is 5.32 Å². The molecule has 6 heteroatoms. The van der Waals surface area contributed by atoms with E-state index in [9.17, 15) is 4.79 Å². The van der Waals surface area contributed by atoms with Gasteiger partial charge in [0, 0.05) is 29.6 Å². The van der Waals surface area contributed by atoms with Crippen LogP contribution in [0.25, 0.3) is 11.3 Å². The van der Waals surface area contributed by atoms with Gasteiger partial charge in [-0.1, -0.05) is 0 Å². The maximum absolute atomic E-state index is 12.1. The molecular weight excluding hydrogens is 278 g/mol. The van der Waals surface area contributed by atoms with Gasteiger partial charge in [-0.15, -0.1) is 0 Å². The average molecular weight is 289 g/mol. The Morgan fingerprint density at radius 2 is 1.86 bits per heavy atom. The molecule has 106 valence electrons. The summed E-state index contributed by atoms with van der Waals surface area (Å²) in [4.78, 5) is 16.1. The zero-order valence-corrected chi connectivity index (χ0v) is 11.4. The Bertz CT molecular complexity index is 831. The lowest BCUT2D eigenvalue weighted by Gasteiger charge is -2.01. The molecule has 22 heavy (non-hydrogen) atoms. The predicted octanol–water partition coefficient (Wildman–Crippen LogP) is 2.60. The van der Waals surface area contributed by atoms with E-state index in [1.165, 1.54) is 0 Å². The van der Waals surface area contributed by atoms with Gasteiger partial charge in [0.05, 0.1) is 17.3 Å². The molecule has 0 spiro atoms. The Balaban J connectivity index is 1.74. The molecule has 2 aromatic heterocycles. The number of aromatic amines is 1. The van der Waals surface area contributed by atoms with Crippen molar-refractivity contribution in [3.8, 4) is 17.3 Å². The summed E-state index contributed by atoms with van der Waals surface area (Å²) in [5.74, 6) is 0.151. The van der Waals surface area contributed by atoms with Crippen LogP contribution in [0.2, 0.25) is 0 Å². The van der Waals surface area contributed by atoms with Gasteiger partial charge >= 0.3 is 0 Å². The van der Waals surface area contributed by atoms with Crippen LogP contribution in [0.3, 0.4) is 0 Å². The number of benzene rings is 1. The molecule has 2 N–H and O–H groups in total. The molecule has 0 aliphatic carbocycles. The third-order valence-electron chi connectivity index (χ3n) is 3.09. The molecular formula is C16H11N5O. The summed E-state index contributed by atoms with van der Waals surface area (Å²) in [6.07, 6.45) is 3.37. The monoisotopic (exact) mass is 289 g/mol. The molecule has 0 radical (unpaired) electrons. The fourth-order valence-corrected chi connectivity index (χ4v) is 1.95. The summed E-state index contributed by atoms with van der Waals surface area (Å²) in [6, 6.07) is 13.9. The molecule has 0 aliphatic heterocycles. The van der Waals surface area contributed by atoms with Crippen LogP contribution < -0.4 is 5.32 Å². The Morgan fingerprint density at radius 3 is 2.55 bits per heavy atom. The van der Waals surface area contributed by atoms with Gasteiger partial charge in [0.25, 0.3) is 5.91 Å². The van der Waals surface area contributed by atoms with Crippen molar-refractivity contribution in [2.45, 2.75) is 0 Å². The van der Waals surface area contributed by atoms with E-state index in [0.29, 0.717) is 16.9 Å². The zero-order chi connectivity index (χ0) is 15.4. The molecule has 3 rings (SSSR count). The van der Waals surface area contributed by atoms with Gasteiger partial charge in [-0.2, -0.15) is 10.4 Å². The SMILES string of the molecule is N#Cc1ccc(C(=O)Nc2cc(-c3ccncc3)[nH]n2)cc1. The third-order valence-corrected chi connectivity index (χ3v) is 3.09. The highest BCUT2D eigenvalue weighted by Crippen LogP contribution is 2.19. The van der Waals surface area contributed by atoms with Crippen LogP contribution in [0.15, 0.2) is 54.9 Å². The first-order chi connectivity index (χ1) is 10.8. The van der Waals surface area contributed by atoms with Gasteiger partial charge in [0.2, 0.25) is 0 Å². The molecule has 0 unspecified atom stereocenters. The molecule has 0 aliphatic rings. The van der Waals surface area contributed by atoms with Gasteiger partial charge in [-0.25, -0.2) is 0 Å². The van der Waals surface area contributed by atoms with Crippen LogP contribution in [0, 0.1) is 11.3 Å². The van der Waals surface area contributed by atoms with Crippen molar-refractivity contribution in [1.82, 2.24) is 15.2 Å². The number of hydrogen-bond donors (Lipinski definition) is 2. The van der Waals surface area contributed by atoms with Crippen LogP contribution in [0.1, 0.15) is 15.9 Å². The molecule has 0 fully saturated rings. The van der Waals surface area contributed by atoms with Crippen molar-refractivity contribution < 1.29 is 4.79 Å². The third kappa shape index (κ3) is 2.83. The Kier molecular flexibility index (Phi) is 3.62. The lowest BCUT2D eigenvalue weighted by atomic mass is 10.1. The molecule has 0 bridgehead atoms. The summed E-state index contributed by atoms with van der Waals surface area (Å²) in [7, 11) is 0. The number of amides is 1. The van der Waals surface area contributed by atoms with Crippen LogP contribution in [0.4, 0.5) is 5.82 Å². The van der Waals surface area contributed by atoms with E-state index in [1.807, 2.05) is 18.2 Å². The maximum Gasteiger partial charge on any atom is 0.256 e. The fourth-order valence-electron chi connectivity index (χ4n) is 1.95. The van der Waals surface area contributed by atoms with Crippen molar-refractivity contribution >= 4 is 11.7 Å². The topological polar surface area (TPSA) is 94.5 Å². The van der Waals surface area contributed by atoms with E-state index >= 15 is 0 Å².